The summed E-state index contributed by atoms with van der Waals surface area (Å²) >= 11 is 1.95. The van der Waals surface area contributed by atoms with Gasteiger partial charge in [0.05, 0.1) is 12.6 Å². The van der Waals surface area contributed by atoms with Crippen molar-refractivity contribution in [3.63, 3.8) is 0 Å². The Labute approximate surface area is 114 Å². The second-order valence-electron chi connectivity index (χ2n) is 5.04. The molecule has 2 aliphatic heterocycles. The Hall–Kier alpha value is -0.260. The number of carbonyl (C=O) groups is 1. The minimum absolute atomic E-state index is 0.0428. The number of nitrogens with one attached hydrogen (secondary N) is 1. The van der Waals surface area contributed by atoms with Gasteiger partial charge in [-0.2, -0.15) is 11.8 Å². The van der Waals surface area contributed by atoms with Gasteiger partial charge in [-0.3, -0.25) is 4.79 Å². The van der Waals surface area contributed by atoms with Gasteiger partial charge in [-0.05, 0) is 31.6 Å². The van der Waals surface area contributed by atoms with Crippen LogP contribution in [0.5, 0.6) is 0 Å². The summed E-state index contributed by atoms with van der Waals surface area (Å²) < 4.78 is 5.15. The normalized spacial score (nSPS) is 28.3. The van der Waals surface area contributed by atoms with Gasteiger partial charge in [0.1, 0.15) is 0 Å². The van der Waals surface area contributed by atoms with E-state index < -0.39 is 0 Å². The molecule has 1 amide bonds. The van der Waals surface area contributed by atoms with Crippen molar-refractivity contribution in [2.75, 3.05) is 38.3 Å². The fourth-order valence-corrected chi connectivity index (χ4v) is 3.92. The summed E-state index contributed by atoms with van der Waals surface area (Å²) in [7, 11) is 1.70. The molecule has 0 radical (unpaired) electrons. The summed E-state index contributed by atoms with van der Waals surface area (Å²) in [5.74, 6) is 2.56. The number of methoxy groups -OCH3 is 1. The lowest BCUT2D eigenvalue weighted by molar-refractivity contribution is -0.136. The standard InChI is InChI=1S/C13H24N2O2S/c1-17-8-7-15(11-5-9-18-10-11)13(16)12-4-2-3-6-14-12/h11-12,14H,2-10H2,1H3/t11?,12-/m1/s1. The van der Waals surface area contributed by atoms with Gasteiger partial charge in [-0.25, -0.2) is 0 Å². The highest BCUT2D eigenvalue weighted by Crippen LogP contribution is 2.23. The summed E-state index contributed by atoms with van der Waals surface area (Å²) in [6.45, 7) is 2.35. The Balaban J connectivity index is 1.94. The molecule has 2 rings (SSSR count). The molecule has 0 spiro atoms. The number of carbonyl (C=O) groups excluding carboxylic acids is 1. The van der Waals surface area contributed by atoms with Crippen molar-refractivity contribution in [3.05, 3.63) is 0 Å². The number of rotatable bonds is 5. The molecule has 4 nitrogen and oxygen atoms in total. The molecule has 0 aromatic rings. The highest BCUT2D eigenvalue weighted by molar-refractivity contribution is 7.99. The molecular weight excluding hydrogens is 248 g/mol. The van der Waals surface area contributed by atoms with E-state index in [1.807, 2.05) is 11.8 Å². The van der Waals surface area contributed by atoms with Crippen LogP contribution in [0, 0.1) is 0 Å². The van der Waals surface area contributed by atoms with Crippen LogP contribution in [-0.4, -0.2) is 61.2 Å². The highest BCUT2D eigenvalue weighted by Gasteiger charge is 2.31. The first-order chi connectivity index (χ1) is 8.83. The first kappa shape index (κ1) is 14.2. The molecule has 1 unspecified atom stereocenters. The number of ether oxygens (including phenoxy) is 1. The summed E-state index contributed by atoms with van der Waals surface area (Å²) in [6.07, 6.45) is 4.48. The first-order valence-corrected chi connectivity index (χ1v) is 8.09. The zero-order valence-corrected chi connectivity index (χ0v) is 12.0. The Bertz CT molecular complexity index is 264. The molecule has 5 heteroatoms. The van der Waals surface area contributed by atoms with Crippen LogP contribution in [0.15, 0.2) is 0 Å². The van der Waals surface area contributed by atoms with Gasteiger partial charge >= 0.3 is 0 Å². The first-order valence-electron chi connectivity index (χ1n) is 6.93. The van der Waals surface area contributed by atoms with E-state index in [1.54, 1.807) is 7.11 Å². The molecule has 104 valence electrons. The third-order valence-electron chi connectivity index (χ3n) is 3.77. The van der Waals surface area contributed by atoms with Crippen molar-refractivity contribution in [1.82, 2.24) is 10.2 Å². The maximum Gasteiger partial charge on any atom is 0.240 e. The zero-order chi connectivity index (χ0) is 12.8. The quantitative estimate of drug-likeness (QED) is 0.814. The molecular formula is C13H24N2O2S. The van der Waals surface area contributed by atoms with E-state index in [9.17, 15) is 4.79 Å². The van der Waals surface area contributed by atoms with Crippen molar-refractivity contribution >= 4 is 17.7 Å². The second kappa shape index (κ2) is 7.36. The van der Waals surface area contributed by atoms with Crippen molar-refractivity contribution in [2.45, 2.75) is 37.8 Å². The minimum atomic E-state index is 0.0428. The van der Waals surface area contributed by atoms with Crippen LogP contribution >= 0.6 is 11.8 Å². The molecule has 0 saturated carbocycles. The number of thioether (sulfide) groups is 1. The maximum atomic E-state index is 12.6. The zero-order valence-electron chi connectivity index (χ0n) is 11.2. The number of amides is 1. The topological polar surface area (TPSA) is 41.6 Å². The van der Waals surface area contributed by atoms with Gasteiger partial charge in [0, 0.05) is 25.4 Å². The van der Waals surface area contributed by atoms with E-state index >= 15 is 0 Å². The van der Waals surface area contributed by atoms with Crippen LogP contribution in [0.3, 0.4) is 0 Å². The fraction of sp³-hybridized carbons (Fsp3) is 0.923. The molecule has 2 heterocycles. The molecule has 2 saturated heterocycles. The third kappa shape index (κ3) is 3.62. The van der Waals surface area contributed by atoms with Crippen LogP contribution < -0.4 is 5.32 Å². The van der Waals surface area contributed by atoms with Gasteiger partial charge in [0.25, 0.3) is 0 Å². The Morgan fingerprint density at radius 1 is 1.44 bits per heavy atom. The van der Waals surface area contributed by atoms with E-state index in [4.69, 9.17) is 4.74 Å². The number of hydrogen-bond donors (Lipinski definition) is 1. The Kier molecular flexibility index (Phi) is 5.79. The third-order valence-corrected chi connectivity index (χ3v) is 4.92. The summed E-state index contributed by atoms with van der Waals surface area (Å²) in [5.41, 5.74) is 0. The van der Waals surface area contributed by atoms with Crippen LogP contribution in [-0.2, 0) is 9.53 Å². The van der Waals surface area contributed by atoms with Crippen molar-refractivity contribution in [2.24, 2.45) is 0 Å². The van der Waals surface area contributed by atoms with E-state index in [1.165, 1.54) is 18.6 Å². The van der Waals surface area contributed by atoms with Crippen LogP contribution in [0.1, 0.15) is 25.7 Å². The lowest BCUT2D eigenvalue weighted by Gasteiger charge is -2.33. The van der Waals surface area contributed by atoms with Gasteiger partial charge < -0.3 is 15.0 Å². The summed E-state index contributed by atoms with van der Waals surface area (Å²) in [5, 5.41) is 3.36. The number of piperidine rings is 1. The predicted octanol–water partition coefficient (Wildman–Crippen LogP) is 1.11. The van der Waals surface area contributed by atoms with Crippen molar-refractivity contribution in [1.29, 1.82) is 0 Å². The largest absolute Gasteiger partial charge is 0.383 e. The molecule has 2 atom stereocenters. The van der Waals surface area contributed by atoms with Gasteiger partial charge in [0.15, 0.2) is 0 Å². The van der Waals surface area contributed by atoms with Crippen molar-refractivity contribution in [3.8, 4) is 0 Å². The molecule has 18 heavy (non-hydrogen) atoms. The lowest BCUT2D eigenvalue weighted by atomic mass is 10.0. The molecule has 0 aliphatic carbocycles. The number of nitrogens with zero attached hydrogens (tertiary/aromatic N) is 1. The van der Waals surface area contributed by atoms with E-state index in [0.29, 0.717) is 18.6 Å². The van der Waals surface area contributed by atoms with E-state index in [2.05, 4.69) is 10.2 Å². The second-order valence-corrected chi connectivity index (χ2v) is 6.19. The lowest BCUT2D eigenvalue weighted by Crippen LogP contribution is -2.52. The van der Waals surface area contributed by atoms with Crippen LogP contribution in [0.4, 0.5) is 0 Å². The summed E-state index contributed by atoms with van der Waals surface area (Å²) in [6, 6.07) is 0.461. The highest BCUT2D eigenvalue weighted by atomic mass is 32.2. The van der Waals surface area contributed by atoms with Crippen LogP contribution in [0.25, 0.3) is 0 Å². The average Bonchev–Trinajstić information content (AvgIpc) is 2.94. The minimum Gasteiger partial charge on any atom is -0.383 e. The average molecular weight is 272 g/mol. The van der Waals surface area contributed by atoms with Gasteiger partial charge in [-0.1, -0.05) is 6.42 Å². The van der Waals surface area contributed by atoms with E-state index in [0.717, 1.165) is 31.7 Å². The van der Waals surface area contributed by atoms with Crippen LogP contribution in [0.2, 0.25) is 0 Å². The Morgan fingerprint density at radius 3 is 2.94 bits per heavy atom. The monoisotopic (exact) mass is 272 g/mol. The molecule has 0 aromatic carbocycles. The Morgan fingerprint density at radius 2 is 2.33 bits per heavy atom. The fourth-order valence-electron chi connectivity index (χ4n) is 2.69. The van der Waals surface area contributed by atoms with E-state index in [-0.39, 0.29) is 6.04 Å². The summed E-state index contributed by atoms with van der Waals surface area (Å²) in [4.78, 5) is 14.7. The molecule has 0 bridgehead atoms. The SMILES string of the molecule is COCCN(C(=O)[C@H]1CCCCN1)C1CCSC1. The van der Waals surface area contributed by atoms with Gasteiger partial charge in [0.2, 0.25) is 5.91 Å². The van der Waals surface area contributed by atoms with Gasteiger partial charge in [-0.15, -0.1) is 0 Å². The maximum absolute atomic E-state index is 12.6. The molecule has 0 aromatic heterocycles. The molecule has 2 aliphatic rings. The predicted molar refractivity (Wildman–Crippen MR) is 75.0 cm³/mol. The molecule has 1 N–H and O–H groups in total. The number of hydrogen-bond acceptors (Lipinski definition) is 4. The van der Waals surface area contributed by atoms with Crippen molar-refractivity contribution < 1.29 is 9.53 Å². The molecule has 2 fully saturated rings. The smallest absolute Gasteiger partial charge is 0.240 e.